The maximum absolute atomic E-state index is 5.54. The Kier molecular flexibility index (Phi) is 5.48. The Labute approximate surface area is 192 Å². The van der Waals surface area contributed by atoms with E-state index in [0.717, 1.165) is 49.1 Å². The fraction of sp³-hybridized carbons (Fsp3) is 0.609. The molecule has 0 unspecified atom stereocenters. The molecule has 0 bridgehead atoms. The molecule has 0 aromatic carbocycles. The van der Waals surface area contributed by atoms with Crippen LogP contribution >= 0.6 is 11.3 Å². The van der Waals surface area contributed by atoms with Crippen molar-refractivity contribution in [3.8, 4) is 0 Å². The van der Waals surface area contributed by atoms with E-state index in [2.05, 4.69) is 20.6 Å². The molecule has 0 spiro atoms. The Bertz CT molecular complexity index is 1100. The number of anilines is 3. The summed E-state index contributed by atoms with van der Waals surface area (Å²) >= 11 is 1.84. The van der Waals surface area contributed by atoms with Crippen LogP contribution in [0.4, 0.5) is 17.5 Å². The van der Waals surface area contributed by atoms with E-state index in [0.29, 0.717) is 18.0 Å². The van der Waals surface area contributed by atoms with Gasteiger partial charge in [0.25, 0.3) is 0 Å². The van der Waals surface area contributed by atoms with E-state index in [4.69, 9.17) is 14.7 Å². The van der Waals surface area contributed by atoms with Crippen molar-refractivity contribution < 1.29 is 4.74 Å². The smallest absolute Gasteiger partial charge is 0.230 e. The minimum absolute atomic E-state index is 0.466. The first-order chi connectivity index (χ1) is 15.7. The second kappa shape index (κ2) is 8.61. The molecular weight excluding hydrogens is 422 g/mol. The van der Waals surface area contributed by atoms with Crippen molar-refractivity contribution in [1.82, 2.24) is 24.6 Å². The monoisotopic (exact) mass is 453 g/mol. The van der Waals surface area contributed by atoms with Crippen molar-refractivity contribution in [3.05, 3.63) is 22.8 Å². The van der Waals surface area contributed by atoms with Gasteiger partial charge in [0.15, 0.2) is 0 Å². The number of nitrogens with zero attached hydrogens (tertiary/aromatic N) is 5. The van der Waals surface area contributed by atoms with Gasteiger partial charge in [0.2, 0.25) is 5.95 Å². The third kappa shape index (κ3) is 3.97. The van der Waals surface area contributed by atoms with Gasteiger partial charge >= 0.3 is 0 Å². The van der Waals surface area contributed by atoms with E-state index in [-0.39, 0.29) is 0 Å². The Hall–Kier alpha value is -2.23. The van der Waals surface area contributed by atoms with E-state index in [9.17, 15) is 0 Å². The molecule has 9 heteroatoms. The van der Waals surface area contributed by atoms with Gasteiger partial charge in [-0.25, -0.2) is 4.98 Å². The van der Waals surface area contributed by atoms with Crippen LogP contribution in [-0.4, -0.2) is 63.0 Å². The predicted molar refractivity (Wildman–Crippen MR) is 128 cm³/mol. The lowest BCUT2D eigenvalue weighted by Gasteiger charge is -2.39. The Morgan fingerprint density at radius 3 is 2.72 bits per heavy atom. The van der Waals surface area contributed by atoms with Crippen molar-refractivity contribution in [2.24, 2.45) is 7.05 Å². The lowest BCUT2D eigenvalue weighted by atomic mass is 9.90. The van der Waals surface area contributed by atoms with E-state index in [1.165, 1.54) is 54.4 Å². The quantitative estimate of drug-likeness (QED) is 0.610. The standard InChI is InChI=1S/C23H31N7OS/c1-29-14-16(13-24-29)26-23-27-21(20-18-3-2-4-19(18)32-22(20)28-23)25-15-5-7-17(8-6-15)30-9-11-31-12-10-30/h13-15,17H,2-12H2,1H3,(H2,25,26,27,28). The van der Waals surface area contributed by atoms with Gasteiger partial charge in [-0.15, -0.1) is 11.3 Å². The molecule has 0 amide bonds. The summed E-state index contributed by atoms with van der Waals surface area (Å²) < 4.78 is 7.32. The molecule has 2 N–H and O–H groups in total. The average Bonchev–Trinajstić information content (AvgIpc) is 3.51. The molecule has 0 radical (unpaired) electrons. The van der Waals surface area contributed by atoms with Crippen LogP contribution in [0.1, 0.15) is 42.5 Å². The van der Waals surface area contributed by atoms with Gasteiger partial charge in [-0.3, -0.25) is 9.58 Å². The molecule has 1 saturated heterocycles. The second-order valence-electron chi connectivity index (χ2n) is 9.26. The third-order valence-electron chi connectivity index (χ3n) is 7.13. The number of rotatable bonds is 5. The molecule has 170 valence electrons. The highest BCUT2D eigenvalue weighted by Gasteiger charge is 2.29. The highest BCUT2D eigenvalue weighted by Crippen LogP contribution is 2.41. The molecule has 3 aliphatic rings. The molecule has 4 heterocycles. The zero-order valence-corrected chi connectivity index (χ0v) is 19.5. The molecule has 32 heavy (non-hydrogen) atoms. The van der Waals surface area contributed by atoms with Gasteiger partial charge in [-0.1, -0.05) is 0 Å². The first-order valence-corrected chi connectivity index (χ1v) is 12.7. The number of fused-ring (bicyclic) bond motifs is 3. The lowest BCUT2D eigenvalue weighted by Crippen LogP contribution is -2.46. The molecule has 1 saturated carbocycles. The molecule has 2 fully saturated rings. The summed E-state index contributed by atoms with van der Waals surface area (Å²) in [5.41, 5.74) is 2.38. The highest BCUT2D eigenvalue weighted by molar-refractivity contribution is 7.19. The fourth-order valence-electron chi connectivity index (χ4n) is 5.49. The number of nitrogens with one attached hydrogen (secondary N) is 2. The van der Waals surface area contributed by atoms with E-state index >= 15 is 0 Å². The summed E-state index contributed by atoms with van der Waals surface area (Å²) in [6.07, 6.45) is 12.2. The highest BCUT2D eigenvalue weighted by atomic mass is 32.1. The van der Waals surface area contributed by atoms with Crippen LogP contribution in [0.25, 0.3) is 10.2 Å². The Morgan fingerprint density at radius 2 is 1.94 bits per heavy atom. The summed E-state index contributed by atoms with van der Waals surface area (Å²) in [6.45, 7) is 3.93. The topological polar surface area (TPSA) is 80.1 Å². The summed E-state index contributed by atoms with van der Waals surface area (Å²) in [4.78, 5) is 15.1. The molecular formula is C23H31N7OS. The van der Waals surface area contributed by atoms with Gasteiger partial charge in [0.05, 0.1) is 30.5 Å². The number of thiophene rings is 1. The molecule has 6 rings (SSSR count). The molecule has 3 aromatic heterocycles. The van der Waals surface area contributed by atoms with E-state index in [1.807, 2.05) is 30.8 Å². The average molecular weight is 454 g/mol. The minimum atomic E-state index is 0.466. The van der Waals surface area contributed by atoms with Crippen molar-refractivity contribution >= 4 is 39.0 Å². The number of aryl methyl sites for hydroxylation is 3. The second-order valence-corrected chi connectivity index (χ2v) is 10.3. The number of ether oxygens (including phenoxy) is 1. The van der Waals surface area contributed by atoms with Crippen molar-refractivity contribution in [1.29, 1.82) is 0 Å². The molecule has 2 aliphatic carbocycles. The van der Waals surface area contributed by atoms with E-state index < -0.39 is 0 Å². The molecule has 8 nitrogen and oxygen atoms in total. The number of morpholine rings is 1. The SMILES string of the molecule is Cn1cc(Nc2nc(NC3CCC(N4CCOCC4)CC3)c3c4c(sc3n2)CCC4)cn1. The summed E-state index contributed by atoms with van der Waals surface area (Å²) in [7, 11) is 1.92. The zero-order chi connectivity index (χ0) is 21.5. The van der Waals surface area contributed by atoms with Gasteiger partial charge in [-0.2, -0.15) is 10.1 Å². The van der Waals surface area contributed by atoms with Crippen molar-refractivity contribution in [2.75, 3.05) is 36.9 Å². The summed E-state index contributed by atoms with van der Waals surface area (Å²) in [6, 6.07) is 1.17. The summed E-state index contributed by atoms with van der Waals surface area (Å²) in [5.74, 6) is 1.66. The normalized spacial score (nSPS) is 24.0. The Balaban J connectivity index is 1.23. The number of hydrogen-bond donors (Lipinski definition) is 2. The first kappa shape index (κ1) is 20.4. The predicted octanol–water partition coefficient (Wildman–Crippen LogP) is 3.71. The van der Waals surface area contributed by atoms with Crippen LogP contribution in [-0.2, 0) is 24.6 Å². The van der Waals surface area contributed by atoms with Crippen LogP contribution in [0.15, 0.2) is 12.4 Å². The van der Waals surface area contributed by atoms with Crippen LogP contribution in [0.5, 0.6) is 0 Å². The van der Waals surface area contributed by atoms with Gasteiger partial charge in [0.1, 0.15) is 10.6 Å². The molecule has 3 aromatic rings. The van der Waals surface area contributed by atoms with Crippen LogP contribution in [0.2, 0.25) is 0 Å². The van der Waals surface area contributed by atoms with Crippen LogP contribution in [0.3, 0.4) is 0 Å². The number of aromatic nitrogens is 4. The van der Waals surface area contributed by atoms with Gasteiger partial charge in [-0.05, 0) is 50.5 Å². The van der Waals surface area contributed by atoms with Crippen LogP contribution < -0.4 is 10.6 Å². The third-order valence-corrected chi connectivity index (χ3v) is 8.31. The summed E-state index contributed by atoms with van der Waals surface area (Å²) in [5, 5.41) is 12.7. The first-order valence-electron chi connectivity index (χ1n) is 11.9. The van der Waals surface area contributed by atoms with Crippen molar-refractivity contribution in [3.63, 3.8) is 0 Å². The van der Waals surface area contributed by atoms with Gasteiger partial charge in [0, 0.05) is 43.3 Å². The van der Waals surface area contributed by atoms with Crippen LogP contribution in [0, 0.1) is 0 Å². The van der Waals surface area contributed by atoms with Crippen molar-refractivity contribution in [2.45, 2.75) is 57.0 Å². The largest absolute Gasteiger partial charge is 0.379 e. The zero-order valence-electron chi connectivity index (χ0n) is 18.6. The van der Waals surface area contributed by atoms with E-state index in [1.54, 1.807) is 4.68 Å². The molecule has 0 atom stereocenters. The minimum Gasteiger partial charge on any atom is -0.379 e. The maximum atomic E-state index is 5.54. The van der Waals surface area contributed by atoms with Gasteiger partial charge < -0.3 is 15.4 Å². The fourth-order valence-corrected chi connectivity index (χ4v) is 6.75. The maximum Gasteiger partial charge on any atom is 0.230 e. The number of hydrogen-bond acceptors (Lipinski definition) is 8. The lowest BCUT2D eigenvalue weighted by molar-refractivity contribution is 0.00791. The molecule has 1 aliphatic heterocycles. The Morgan fingerprint density at radius 1 is 1.09 bits per heavy atom.